The molecule has 4 aliphatic carbocycles. The van der Waals surface area contributed by atoms with Crippen molar-refractivity contribution in [3.63, 3.8) is 0 Å². The van der Waals surface area contributed by atoms with E-state index in [2.05, 4.69) is 9.73 Å². The molecule has 0 atom stereocenters. The van der Waals surface area contributed by atoms with Crippen molar-refractivity contribution in [3.8, 4) is 5.75 Å². The summed E-state index contributed by atoms with van der Waals surface area (Å²) in [6.07, 6.45) is 8.49. The number of para-hydroxylation sites is 1. The molecule has 0 N–H and O–H groups in total. The number of aliphatic imine (C=N–C) groups is 1. The second-order valence-corrected chi connectivity index (χ2v) is 8.45. The van der Waals surface area contributed by atoms with Crippen LogP contribution in [0.4, 0.5) is 8.78 Å². The van der Waals surface area contributed by atoms with Gasteiger partial charge in [-0.05, 0) is 68.4 Å². The van der Waals surface area contributed by atoms with Gasteiger partial charge in [-0.2, -0.15) is 8.78 Å². The number of ether oxygens (including phenoxy) is 2. The van der Waals surface area contributed by atoms with Gasteiger partial charge in [0.2, 0.25) is 5.90 Å². The number of hydrogen-bond donors (Lipinski definition) is 0. The molecule has 4 nitrogen and oxygen atoms in total. The van der Waals surface area contributed by atoms with Crippen molar-refractivity contribution in [2.45, 2.75) is 45.1 Å². The Balaban J connectivity index is 1.46. The minimum atomic E-state index is -2.92. The molecule has 4 fully saturated rings. The Morgan fingerprint density at radius 1 is 1.11 bits per heavy atom. The molecular weight excluding hydrogens is 352 g/mol. The van der Waals surface area contributed by atoms with Gasteiger partial charge in [0.05, 0.1) is 0 Å². The molecule has 0 aromatic heterocycles. The molecule has 5 aliphatic rings. The number of hydrogen-bond acceptors (Lipinski definition) is 4. The third-order valence-electron chi connectivity index (χ3n) is 6.54. The molecule has 142 valence electrons. The van der Waals surface area contributed by atoms with E-state index in [0.29, 0.717) is 29.2 Å². The standard InChI is InChI=1S/C21H21F2NO3/c22-20(23)26-17-4-2-1-3-15(17)8-16-18(25)27-19(24-16)21-9-12-5-13(10-21)7-14(6-12)11-21/h1-4,8,12-14,20H,5-7,9-11H2/b16-8-. The topological polar surface area (TPSA) is 47.9 Å². The summed E-state index contributed by atoms with van der Waals surface area (Å²) in [5, 5.41) is 0. The Morgan fingerprint density at radius 3 is 2.37 bits per heavy atom. The van der Waals surface area contributed by atoms with Crippen LogP contribution in [0.3, 0.4) is 0 Å². The second kappa shape index (κ2) is 6.14. The molecule has 27 heavy (non-hydrogen) atoms. The average molecular weight is 373 g/mol. The summed E-state index contributed by atoms with van der Waals surface area (Å²) in [5.74, 6) is 2.20. The number of cyclic esters (lactones) is 1. The van der Waals surface area contributed by atoms with Crippen LogP contribution in [0.1, 0.15) is 44.1 Å². The first-order chi connectivity index (χ1) is 13.0. The molecule has 4 bridgehead atoms. The largest absolute Gasteiger partial charge is 0.434 e. The van der Waals surface area contributed by atoms with E-state index in [4.69, 9.17) is 4.74 Å². The summed E-state index contributed by atoms with van der Waals surface area (Å²) < 4.78 is 35.4. The van der Waals surface area contributed by atoms with Gasteiger partial charge in [-0.15, -0.1) is 0 Å². The maximum Gasteiger partial charge on any atom is 0.387 e. The molecule has 4 saturated carbocycles. The van der Waals surface area contributed by atoms with Gasteiger partial charge >= 0.3 is 12.6 Å². The van der Waals surface area contributed by atoms with Crippen molar-refractivity contribution in [1.29, 1.82) is 0 Å². The smallest absolute Gasteiger partial charge is 0.387 e. The molecule has 6 heteroatoms. The molecule has 1 heterocycles. The van der Waals surface area contributed by atoms with Crippen molar-refractivity contribution in [2.24, 2.45) is 28.2 Å². The molecule has 1 aromatic rings. The zero-order valence-corrected chi connectivity index (χ0v) is 14.9. The van der Waals surface area contributed by atoms with Gasteiger partial charge in [-0.25, -0.2) is 9.79 Å². The fourth-order valence-electron chi connectivity index (χ4n) is 5.96. The van der Waals surface area contributed by atoms with Gasteiger partial charge in [0.25, 0.3) is 0 Å². The van der Waals surface area contributed by atoms with Crippen LogP contribution in [0.15, 0.2) is 35.0 Å². The highest BCUT2D eigenvalue weighted by atomic mass is 19.3. The average Bonchev–Trinajstić information content (AvgIpc) is 2.97. The van der Waals surface area contributed by atoms with Gasteiger partial charge in [0.1, 0.15) is 5.75 Å². The Hall–Kier alpha value is -2.24. The zero-order valence-electron chi connectivity index (χ0n) is 14.9. The summed E-state index contributed by atoms with van der Waals surface area (Å²) in [6, 6.07) is 6.38. The predicted octanol–water partition coefficient (Wildman–Crippen LogP) is 4.80. The molecule has 1 aliphatic heterocycles. The first-order valence-electron chi connectivity index (χ1n) is 9.58. The van der Waals surface area contributed by atoms with Crippen molar-refractivity contribution in [1.82, 2.24) is 0 Å². The second-order valence-electron chi connectivity index (χ2n) is 8.45. The van der Waals surface area contributed by atoms with Crippen LogP contribution >= 0.6 is 0 Å². The van der Waals surface area contributed by atoms with E-state index in [-0.39, 0.29) is 16.9 Å². The molecule has 0 unspecified atom stereocenters. The van der Waals surface area contributed by atoms with Crippen LogP contribution in [0, 0.1) is 23.2 Å². The van der Waals surface area contributed by atoms with Crippen molar-refractivity contribution < 1.29 is 23.0 Å². The molecule has 0 spiro atoms. The van der Waals surface area contributed by atoms with Gasteiger partial charge in [0, 0.05) is 11.0 Å². The number of halogens is 2. The lowest BCUT2D eigenvalue weighted by atomic mass is 9.49. The van der Waals surface area contributed by atoms with Crippen LogP contribution < -0.4 is 4.74 Å². The van der Waals surface area contributed by atoms with Crippen LogP contribution in [-0.2, 0) is 9.53 Å². The van der Waals surface area contributed by atoms with Crippen LogP contribution in [0.5, 0.6) is 5.75 Å². The fourth-order valence-corrected chi connectivity index (χ4v) is 5.96. The highest BCUT2D eigenvalue weighted by molar-refractivity contribution is 6.09. The van der Waals surface area contributed by atoms with E-state index in [9.17, 15) is 13.6 Å². The summed E-state index contributed by atoms with van der Waals surface area (Å²) in [6.45, 7) is -2.92. The zero-order chi connectivity index (χ0) is 18.6. The monoisotopic (exact) mass is 373 g/mol. The number of carbonyl (C=O) groups is 1. The van der Waals surface area contributed by atoms with Gasteiger partial charge in [0.15, 0.2) is 5.70 Å². The maximum atomic E-state index is 12.6. The minimum Gasteiger partial charge on any atom is -0.434 e. The van der Waals surface area contributed by atoms with E-state index in [1.807, 2.05) is 0 Å². The normalized spacial score (nSPS) is 35.7. The first-order valence-corrected chi connectivity index (χ1v) is 9.58. The Morgan fingerprint density at radius 2 is 1.74 bits per heavy atom. The molecule has 0 saturated heterocycles. The predicted molar refractivity (Wildman–Crippen MR) is 95.2 cm³/mol. The van der Waals surface area contributed by atoms with E-state index >= 15 is 0 Å². The van der Waals surface area contributed by atoms with E-state index < -0.39 is 12.6 Å². The number of esters is 1. The Labute approximate surface area is 156 Å². The van der Waals surface area contributed by atoms with Gasteiger partial charge in [-0.3, -0.25) is 0 Å². The minimum absolute atomic E-state index is 0.0197. The number of rotatable bonds is 4. The van der Waals surface area contributed by atoms with Crippen LogP contribution in [0.25, 0.3) is 6.08 Å². The Kier molecular flexibility index (Phi) is 3.85. The van der Waals surface area contributed by atoms with Gasteiger partial charge in [-0.1, -0.05) is 18.2 Å². The van der Waals surface area contributed by atoms with Crippen LogP contribution in [0.2, 0.25) is 0 Å². The Bertz CT molecular complexity index is 810. The lowest BCUT2D eigenvalue weighted by Crippen LogP contribution is -2.50. The van der Waals surface area contributed by atoms with E-state index in [0.717, 1.165) is 19.3 Å². The molecule has 0 amide bonds. The first kappa shape index (κ1) is 16.9. The molecular formula is C21H21F2NO3. The summed E-state index contributed by atoms with van der Waals surface area (Å²) in [7, 11) is 0. The molecule has 6 rings (SSSR count). The number of carbonyl (C=O) groups excluding carboxylic acids is 1. The lowest BCUT2D eigenvalue weighted by molar-refractivity contribution is -0.131. The maximum absolute atomic E-state index is 12.6. The summed E-state index contributed by atoms with van der Waals surface area (Å²) >= 11 is 0. The van der Waals surface area contributed by atoms with E-state index in [1.54, 1.807) is 18.2 Å². The molecule has 1 aromatic carbocycles. The lowest BCUT2D eigenvalue weighted by Gasteiger charge is -2.55. The summed E-state index contributed by atoms with van der Waals surface area (Å²) in [4.78, 5) is 17.0. The molecule has 0 radical (unpaired) electrons. The highest BCUT2D eigenvalue weighted by Gasteiger charge is 2.55. The SMILES string of the molecule is O=C1OC(C23CC4CC(CC(C4)C2)C3)=N/C1=C\c1ccccc1OC(F)F. The van der Waals surface area contributed by atoms with Gasteiger partial charge < -0.3 is 9.47 Å². The van der Waals surface area contributed by atoms with Crippen LogP contribution in [-0.4, -0.2) is 18.5 Å². The van der Waals surface area contributed by atoms with E-state index in [1.165, 1.54) is 31.4 Å². The quantitative estimate of drug-likeness (QED) is 0.563. The van der Waals surface area contributed by atoms with Crippen molar-refractivity contribution in [3.05, 3.63) is 35.5 Å². The number of nitrogens with zero attached hydrogens (tertiary/aromatic N) is 1. The highest BCUT2D eigenvalue weighted by Crippen LogP contribution is 2.61. The number of benzene rings is 1. The fraction of sp³-hybridized carbons (Fsp3) is 0.524. The third kappa shape index (κ3) is 2.95. The van der Waals surface area contributed by atoms with Crippen molar-refractivity contribution >= 4 is 17.9 Å². The van der Waals surface area contributed by atoms with Crippen molar-refractivity contribution in [2.75, 3.05) is 0 Å². The third-order valence-corrected chi connectivity index (χ3v) is 6.54. The summed E-state index contributed by atoms with van der Waals surface area (Å²) in [5.41, 5.74) is 0.435. The number of alkyl halides is 2.